The van der Waals surface area contributed by atoms with Gasteiger partial charge in [-0.3, -0.25) is 4.68 Å². The summed E-state index contributed by atoms with van der Waals surface area (Å²) in [5, 5.41) is 7.85. The van der Waals surface area contributed by atoms with E-state index in [1.807, 2.05) is 6.20 Å². The maximum atomic E-state index is 4.41. The first-order chi connectivity index (χ1) is 8.11. The van der Waals surface area contributed by atoms with Gasteiger partial charge in [-0.25, -0.2) is 0 Å². The van der Waals surface area contributed by atoms with Crippen molar-refractivity contribution in [2.45, 2.75) is 53.6 Å². The molecule has 0 aromatic carbocycles. The zero-order valence-electron chi connectivity index (χ0n) is 11.7. The van der Waals surface area contributed by atoms with E-state index in [9.17, 15) is 0 Å². The van der Waals surface area contributed by atoms with Crippen LogP contribution in [0.2, 0.25) is 0 Å². The van der Waals surface area contributed by atoms with Gasteiger partial charge in [-0.1, -0.05) is 34.1 Å². The molecule has 3 heteroatoms. The van der Waals surface area contributed by atoms with Crippen molar-refractivity contribution in [1.29, 1.82) is 0 Å². The molecule has 0 amide bonds. The average molecular weight is 237 g/mol. The Labute approximate surface area is 106 Å². The molecule has 3 nitrogen and oxygen atoms in total. The molecule has 0 spiro atoms. The Hall–Kier alpha value is -0.830. The van der Waals surface area contributed by atoms with Gasteiger partial charge in [0.2, 0.25) is 0 Å². The van der Waals surface area contributed by atoms with Crippen molar-refractivity contribution >= 4 is 0 Å². The molecular weight excluding hydrogens is 210 g/mol. The Morgan fingerprint density at radius 3 is 2.76 bits per heavy atom. The molecule has 1 unspecified atom stereocenters. The van der Waals surface area contributed by atoms with E-state index in [-0.39, 0.29) is 0 Å². The summed E-state index contributed by atoms with van der Waals surface area (Å²) >= 11 is 0. The summed E-state index contributed by atoms with van der Waals surface area (Å²) in [5.41, 5.74) is 1.29. The van der Waals surface area contributed by atoms with Crippen molar-refractivity contribution in [3.05, 3.63) is 18.0 Å². The van der Waals surface area contributed by atoms with Crippen LogP contribution in [0.15, 0.2) is 12.4 Å². The van der Waals surface area contributed by atoms with E-state index in [1.165, 1.54) is 18.4 Å². The van der Waals surface area contributed by atoms with Crippen LogP contribution < -0.4 is 5.32 Å². The Kier molecular flexibility index (Phi) is 6.27. The lowest BCUT2D eigenvalue weighted by molar-refractivity contribution is 0.420. The summed E-state index contributed by atoms with van der Waals surface area (Å²) in [4.78, 5) is 0. The monoisotopic (exact) mass is 237 g/mol. The van der Waals surface area contributed by atoms with Crippen LogP contribution in [-0.4, -0.2) is 16.3 Å². The first-order valence-electron chi connectivity index (χ1n) is 6.83. The first-order valence-corrected chi connectivity index (χ1v) is 6.83. The van der Waals surface area contributed by atoms with Crippen molar-refractivity contribution in [3.8, 4) is 0 Å². The highest BCUT2D eigenvalue weighted by Crippen LogP contribution is 2.08. The smallest absolute Gasteiger partial charge is 0.0534 e. The van der Waals surface area contributed by atoms with Crippen molar-refractivity contribution < 1.29 is 0 Å². The van der Waals surface area contributed by atoms with Gasteiger partial charge >= 0.3 is 0 Å². The second kappa shape index (κ2) is 7.49. The fraction of sp³-hybridized carbons (Fsp3) is 0.786. The van der Waals surface area contributed by atoms with Crippen LogP contribution >= 0.6 is 0 Å². The van der Waals surface area contributed by atoms with E-state index in [4.69, 9.17) is 0 Å². The van der Waals surface area contributed by atoms with Crippen LogP contribution in [-0.2, 0) is 13.1 Å². The highest BCUT2D eigenvalue weighted by atomic mass is 15.3. The summed E-state index contributed by atoms with van der Waals surface area (Å²) in [6.45, 7) is 12.0. The molecule has 1 atom stereocenters. The zero-order chi connectivity index (χ0) is 12.7. The molecule has 0 aliphatic heterocycles. The zero-order valence-corrected chi connectivity index (χ0v) is 11.7. The Morgan fingerprint density at radius 1 is 1.35 bits per heavy atom. The molecular formula is C14H27N3. The predicted octanol–water partition coefficient (Wildman–Crippen LogP) is 3.06. The Morgan fingerprint density at radius 2 is 2.12 bits per heavy atom. The summed E-state index contributed by atoms with van der Waals surface area (Å²) in [6, 6.07) is 0. The lowest BCUT2D eigenvalue weighted by Crippen LogP contribution is -2.18. The van der Waals surface area contributed by atoms with Gasteiger partial charge < -0.3 is 5.32 Å². The van der Waals surface area contributed by atoms with E-state index in [0.717, 1.165) is 25.6 Å². The number of nitrogens with one attached hydrogen (secondary N) is 1. The summed E-state index contributed by atoms with van der Waals surface area (Å²) in [7, 11) is 0. The van der Waals surface area contributed by atoms with E-state index in [1.54, 1.807) is 0 Å². The van der Waals surface area contributed by atoms with Crippen molar-refractivity contribution in [1.82, 2.24) is 15.1 Å². The van der Waals surface area contributed by atoms with Gasteiger partial charge in [-0.2, -0.15) is 5.10 Å². The molecule has 1 heterocycles. The summed E-state index contributed by atoms with van der Waals surface area (Å²) in [6.07, 6.45) is 6.68. The highest BCUT2D eigenvalue weighted by Gasteiger charge is 2.04. The largest absolute Gasteiger partial charge is 0.312 e. The van der Waals surface area contributed by atoms with Gasteiger partial charge in [-0.15, -0.1) is 0 Å². The van der Waals surface area contributed by atoms with E-state index in [0.29, 0.717) is 5.92 Å². The number of aromatic nitrogens is 2. The van der Waals surface area contributed by atoms with Crippen molar-refractivity contribution in [2.75, 3.05) is 6.54 Å². The summed E-state index contributed by atoms with van der Waals surface area (Å²) in [5.74, 6) is 1.42. The van der Waals surface area contributed by atoms with Crippen molar-refractivity contribution in [3.63, 3.8) is 0 Å². The number of hydrogen-bond donors (Lipinski definition) is 1. The van der Waals surface area contributed by atoms with E-state index < -0.39 is 0 Å². The molecule has 0 saturated carbocycles. The number of nitrogens with zero attached hydrogens (tertiary/aromatic N) is 2. The molecule has 1 rings (SSSR count). The molecule has 98 valence electrons. The molecule has 0 fully saturated rings. The molecule has 0 radical (unpaired) electrons. The van der Waals surface area contributed by atoms with E-state index in [2.05, 4.69) is 49.0 Å². The van der Waals surface area contributed by atoms with Gasteiger partial charge in [0, 0.05) is 24.8 Å². The lowest BCUT2D eigenvalue weighted by Gasteiger charge is -2.09. The van der Waals surface area contributed by atoms with Crippen LogP contribution in [0.5, 0.6) is 0 Å². The maximum absolute atomic E-state index is 4.41. The molecule has 17 heavy (non-hydrogen) atoms. The highest BCUT2D eigenvalue weighted by molar-refractivity contribution is 5.03. The Bertz CT molecular complexity index is 304. The summed E-state index contributed by atoms with van der Waals surface area (Å²) < 4.78 is 2.08. The third-order valence-corrected chi connectivity index (χ3v) is 2.85. The number of rotatable bonds is 8. The van der Waals surface area contributed by atoms with Gasteiger partial charge in [0.15, 0.2) is 0 Å². The molecule has 1 aromatic rings. The average Bonchev–Trinajstić information content (AvgIpc) is 2.65. The van der Waals surface area contributed by atoms with Gasteiger partial charge in [0.05, 0.1) is 6.20 Å². The van der Waals surface area contributed by atoms with Crippen LogP contribution in [0.4, 0.5) is 0 Å². The quantitative estimate of drug-likeness (QED) is 0.753. The maximum Gasteiger partial charge on any atom is 0.0534 e. The second-order valence-electron chi connectivity index (χ2n) is 5.49. The van der Waals surface area contributed by atoms with Gasteiger partial charge in [-0.05, 0) is 24.8 Å². The van der Waals surface area contributed by atoms with Gasteiger partial charge in [0.1, 0.15) is 0 Å². The topological polar surface area (TPSA) is 29.9 Å². The fourth-order valence-corrected chi connectivity index (χ4v) is 2.01. The Balaban J connectivity index is 2.32. The van der Waals surface area contributed by atoms with Crippen LogP contribution in [0, 0.1) is 11.8 Å². The third kappa shape index (κ3) is 5.87. The third-order valence-electron chi connectivity index (χ3n) is 2.85. The van der Waals surface area contributed by atoms with Crippen LogP contribution in [0.3, 0.4) is 0 Å². The first kappa shape index (κ1) is 14.2. The minimum absolute atomic E-state index is 0.703. The lowest BCUT2D eigenvalue weighted by atomic mass is 10.1. The van der Waals surface area contributed by atoms with Crippen LogP contribution in [0.1, 0.15) is 46.1 Å². The molecule has 1 N–H and O–H groups in total. The van der Waals surface area contributed by atoms with Crippen molar-refractivity contribution in [2.24, 2.45) is 11.8 Å². The normalized spacial score (nSPS) is 13.2. The molecule has 0 bridgehead atoms. The van der Waals surface area contributed by atoms with E-state index >= 15 is 0 Å². The second-order valence-corrected chi connectivity index (χ2v) is 5.49. The number of hydrogen-bond acceptors (Lipinski definition) is 2. The molecule has 0 saturated heterocycles. The van der Waals surface area contributed by atoms with Crippen LogP contribution in [0.25, 0.3) is 0 Å². The van der Waals surface area contributed by atoms with Gasteiger partial charge in [0.25, 0.3) is 0 Å². The SMILES string of the molecule is CCCC(C)Cn1cc(CNCC(C)C)cn1. The minimum atomic E-state index is 0.703. The molecule has 0 aliphatic rings. The fourth-order valence-electron chi connectivity index (χ4n) is 2.01. The molecule has 1 aromatic heterocycles. The molecule has 0 aliphatic carbocycles. The predicted molar refractivity (Wildman–Crippen MR) is 72.8 cm³/mol. The minimum Gasteiger partial charge on any atom is -0.312 e. The standard InChI is InChI=1S/C14H27N3/c1-5-6-13(4)10-17-11-14(9-16-17)8-15-7-12(2)3/h9,11-13,15H,5-8,10H2,1-4H3.